The number of benzene rings is 2. The second kappa shape index (κ2) is 8.12. The summed E-state index contributed by atoms with van der Waals surface area (Å²) in [6, 6.07) is 14.9. The van der Waals surface area contributed by atoms with E-state index < -0.39 is 0 Å². The van der Waals surface area contributed by atoms with Crippen LogP contribution in [0.25, 0.3) is 44.2 Å². The number of anilines is 1. The molecule has 0 bridgehead atoms. The lowest BCUT2D eigenvalue weighted by Crippen LogP contribution is -2.02. The van der Waals surface area contributed by atoms with E-state index in [1.165, 1.54) is 10.9 Å². The monoisotopic (exact) mass is 445 g/mol. The zero-order valence-electron chi connectivity index (χ0n) is 19.0. The van der Waals surface area contributed by atoms with Crippen molar-refractivity contribution in [3.8, 4) is 22.3 Å². The molecular formula is C27H23N7. The van der Waals surface area contributed by atoms with E-state index in [-0.39, 0.29) is 0 Å². The number of aryl methyl sites for hydroxylation is 2. The molecule has 0 radical (unpaired) electrons. The standard InChI is InChI=1S/C27H23N7/c1-33-10-6-18-3-4-19(11-26(18)33)24-12-22(13-25-27(24)30-9-8-29-25)31-15-20-14-28-7-5-23(20)21-16-32-34(2)17-21/h3-14,16-17,31H,15H2,1-2H3. The predicted octanol–water partition coefficient (Wildman–Crippen LogP) is 5.20. The fourth-order valence-corrected chi connectivity index (χ4v) is 4.43. The van der Waals surface area contributed by atoms with Crippen LogP contribution < -0.4 is 5.32 Å². The summed E-state index contributed by atoms with van der Waals surface area (Å²) < 4.78 is 3.95. The molecule has 0 aliphatic rings. The first kappa shape index (κ1) is 20.1. The van der Waals surface area contributed by atoms with Crippen molar-refractivity contribution >= 4 is 27.6 Å². The minimum absolute atomic E-state index is 0.625. The molecular weight excluding hydrogens is 422 g/mol. The van der Waals surface area contributed by atoms with Crippen LogP contribution in [0.1, 0.15) is 5.56 Å². The van der Waals surface area contributed by atoms with E-state index in [1.54, 1.807) is 12.4 Å². The summed E-state index contributed by atoms with van der Waals surface area (Å²) >= 11 is 0. The topological polar surface area (TPSA) is 73.5 Å². The van der Waals surface area contributed by atoms with E-state index in [2.05, 4.69) is 73.5 Å². The first-order valence-corrected chi connectivity index (χ1v) is 11.1. The lowest BCUT2D eigenvalue weighted by Gasteiger charge is -2.13. The smallest absolute Gasteiger partial charge is 0.0966 e. The van der Waals surface area contributed by atoms with Crippen molar-refractivity contribution in [2.24, 2.45) is 14.1 Å². The van der Waals surface area contributed by atoms with Gasteiger partial charge in [0.15, 0.2) is 0 Å². The number of rotatable bonds is 5. The molecule has 2 aromatic carbocycles. The van der Waals surface area contributed by atoms with Crippen molar-refractivity contribution in [1.82, 2.24) is 29.3 Å². The third kappa shape index (κ3) is 3.57. The van der Waals surface area contributed by atoms with Crippen LogP contribution in [0.4, 0.5) is 5.69 Å². The molecule has 0 atom stereocenters. The first-order chi connectivity index (χ1) is 16.7. The molecule has 6 rings (SSSR count). The number of nitrogens with zero attached hydrogens (tertiary/aromatic N) is 6. The van der Waals surface area contributed by atoms with Crippen LogP contribution in [0.5, 0.6) is 0 Å². The molecule has 0 aliphatic heterocycles. The summed E-state index contributed by atoms with van der Waals surface area (Å²) in [7, 11) is 3.99. The van der Waals surface area contributed by atoms with E-state index in [9.17, 15) is 0 Å². The number of aromatic nitrogens is 6. The second-order valence-corrected chi connectivity index (χ2v) is 8.44. The molecule has 34 heavy (non-hydrogen) atoms. The van der Waals surface area contributed by atoms with E-state index in [4.69, 9.17) is 0 Å². The molecule has 1 N–H and O–H groups in total. The minimum Gasteiger partial charge on any atom is -0.381 e. The molecule has 0 unspecified atom stereocenters. The maximum absolute atomic E-state index is 4.65. The Morgan fingerprint density at radius 2 is 1.76 bits per heavy atom. The van der Waals surface area contributed by atoms with Gasteiger partial charge < -0.3 is 9.88 Å². The predicted molar refractivity (Wildman–Crippen MR) is 135 cm³/mol. The van der Waals surface area contributed by atoms with Gasteiger partial charge in [-0.25, -0.2) is 0 Å². The maximum atomic E-state index is 4.65. The Balaban J connectivity index is 1.39. The fraction of sp³-hybridized carbons (Fsp3) is 0.111. The summed E-state index contributed by atoms with van der Waals surface area (Å²) in [5, 5.41) is 9.12. The summed E-state index contributed by atoms with van der Waals surface area (Å²) in [6.07, 6.45) is 13.2. The number of pyridine rings is 1. The lowest BCUT2D eigenvalue weighted by atomic mass is 10.0. The van der Waals surface area contributed by atoms with Gasteiger partial charge in [0.25, 0.3) is 0 Å². The number of fused-ring (bicyclic) bond motifs is 2. The highest BCUT2D eigenvalue weighted by atomic mass is 15.2. The van der Waals surface area contributed by atoms with Gasteiger partial charge >= 0.3 is 0 Å². The van der Waals surface area contributed by atoms with Crippen LogP contribution >= 0.6 is 0 Å². The Kier molecular flexibility index (Phi) is 4.80. The van der Waals surface area contributed by atoms with Gasteiger partial charge in [-0.3, -0.25) is 19.6 Å². The first-order valence-electron chi connectivity index (χ1n) is 11.1. The van der Waals surface area contributed by atoms with E-state index in [0.29, 0.717) is 6.54 Å². The third-order valence-electron chi connectivity index (χ3n) is 6.18. The van der Waals surface area contributed by atoms with Gasteiger partial charge in [-0.15, -0.1) is 0 Å². The summed E-state index contributed by atoms with van der Waals surface area (Å²) in [4.78, 5) is 13.6. The van der Waals surface area contributed by atoms with Crippen LogP contribution in [0.3, 0.4) is 0 Å². The molecule has 0 saturated carbocycles. The average molecular weight is 446 g/mol. The summed E-state index contributed by atoms with van der Waals surface area (Å²) in [5.74, 6) is 0. The normalized spacial score (nSPS) is 11.4. The Labute approximate surface area is 196 Å². The Morgan fingerprint density at radius 1 is 0.853 bits per heavy atom. The van der Waals surface area contributed by atoms with Crippen molar-refractivity contribution in [3.63, 3.8) is 0 Å². The summed E-state index contributed by atoms with van der Waals surface area (Å²) in [5.41, 5.74) is 9.36. The van der Waals surface area contributed by atoms with Crippen LogP contribution in [0, 0.1) is 0 Å². The van der Waals surface area contributed by atoms with Crippen molar-refractivity contribution in [2.45, 2.75) is 6.54 Å². The second-order valence-electron chi connectivity index (χ2n) is 8.44. The van der Waals surface area contributed by atoms with E-state index in [1.807, 2.05) is 48.6 Å². The molecule has 6 aromatic rings. The van der Waals surface area contributed by atoms with Crippen LogP contribution in [0.15, 0.2) is 85.8 Å². The largest absolute Gasteiger partial charge is 0.381 e. The van der Waals surface area contributed by atoms with Crippen molar-refractivity contribution in [3.05, 3.63) is 91.4 Å². The van der Waals surface area contributed by atoms with Gasteiger partial charge in [-0.1, -0.05) is 12.1 Å². The van der Waals surface area contributed by atoms with Gasteiger partial charge in [0.1, 0.15) is 0 Å². The molecule has 4 aromatic heterocycles. The number of nitrogens with one attached hydrogen (secondary N) is 1. The van der Waals surface area contributed by atoms with Gasteiger partial charge in [-0.05, 0) is 52.4 Å². The Morgan fingerprint density at radius 3 is 2.65 bits per heavy atom. The van der Waals surface area contributed by atoms with E-state index >= 15 is 0 Å². The number of hydrogen-bond donors (Lipinski definition) is 1. The van der Waals surface area contributed by atoms with Gasteiger partial charge in [0, 0.05) is 80.2 Å². The van der Waals surface area contributed by atoms with Crippen molar-refractivity contribution < 1.29 is 0 Å². The van der Waals surface area contributed by atoms with Crippen molar-refractivity contribution in [1.29, 1.82) is 0 Å². The molecule has 7 nitrogen and oxygen atoms in total. The molecule has 0 aliphatic carbocycles. The summed E-state index contributed by atoms with van der Waals surface area (Å²) in [6.45, 7) is 0.625. The SMILES string of the molecule is Cn1cc(-c2ccncc2CNc2cc(-c3ccc4ccn(C)c4c3)c3nccnc3c2)cn1. The third-order valence-corrected chi connectivity index (χ3v) is 6.18. The molecule has 0 fully saturated rings. The Bertz CT molecular complexity index is 1640. The van der Waals surface area contributed by atoms with E-state index in [0.717, 1.165) is 44.5 Å². The highest BCUT2D eigenvalue weighted by molar-refractivity contribution is 5.97. The van der Waals surface area contributed by atoms with Crippen molar-refractivity contribution in [2.75, 3.05) is 5.32 Å². The fourth-order valence-electron chi connectivity index (χ4n) is 4.43. The van der Waals surface area contributed by atoms with Gasteiger partial charge in [0.05, 0.1) is 17.2 Å². The van der Waals surface area contributed by atoms with Crippen LogP contribution in [-0.4, -0.2) is 29.3 Å². The average Bonchev–Trinajstić information content (AvgIpc) is 3.47. The molecule has 0 saturated heterocycles. The van der Waals surface area contributed by atoms with Crippen LogP contribution in [-0.2, 0) is 20.6 Å². The highest BCUT2D eigenvalue weighted by Gasteiger charge is 2.12. The molecule has 166 valence electrons. The minimum atomic E-state index is 0.625. The molecule has 0 amide bonds. The zero-order chi connectivity index (χ0) is 23.1. The highest BCUT2D eigenvalue weighted by Crippen LogP contribution is 2.32. The van der Waals surface area contributed by atoms with Crippen LogP contribution in [0.2, 0.25) is 0 Å². The zero-order valence-corrected chi connectivity index (χ0v) is 19.0. The maximum Gasteiger partial charge on any atom is 0.0966 e. The lowest BCUT2D eigenvalue weighted by molar-refractivity contribution is 0.768. The molecule has 7 heteroatoms. The van der Waals surface area contributed by atoms with Gasteiger partial charge in [0.2, 0.25) is 0 Å². The quantitative estimate of drug-likeness (QED) is 0.395. The Hall–Kier alpha value is -4.52. The molecule has 0 spiro atoms. The molecule has 4 heterocycles. The van der Waals surface area contributed by atoms with Gasteiger partial charge in [-0.2, -0.15) is 5.10 Å². The number of hydrogen-bond acceptors (Lipinski definition) is 5.